The lowest BCUT2D eigenvalue weighted by atomic mass is 9.64. The molecule has 1 aliphatic carbocycles. The first-order valence-electron chi connectivity index (χ1n) is 8.10. The monoisotopic (exact) mass is 329 g/mol. The average Bonchev–Trinajstić information content (AvgIpc) is 3.18. The number of benzene rings is 1. The van der Waals surface area contributed by atoms with Crippen molar-refractivity contribution in [2.75, 3.05) is 11.9 Å². The Kier molecular flexibility index (Phi) is 3.87. The van der Waals surface area contributed by atoms with E-state index in [1.165, 1.54) is 11.3 Å². The van der Waals surface area contributed by atoms with Crippen LogP contribution in [0.15, 0.2) is 30.3 Å². The molecule has 0 radical (unpaired) electrons. The molecule has 4 rings (SSSR count). The van der Waals surface area contributed by atoms with Gasteiger partial charge in [0.2, 0.25) is 11.0 Å². The zero-order chi connectivity index (χ0) is 15.7. The average molecular weight is 329 g/mol. The Morgan fingerprint density at radius 2 is 2.04 bits per heavy atom. The van der Waals surface area contributed by atoms with Crippen molar-refractivity contribution in [2.45, 2.75) is 43.6 Å². The molecule has 1 saturated heterocycles. The summed E-state index contributed by atoms with van der Waals surface area (Å²) in [6.07, 6.45) is 4.95. The fourth-order valence-electron chi connectivity index (χ4n) is 3.34. The lowest BCUT2D eigenvalue weighted by Crippen LogP contribution is -2.45. The van der Waals surface area contributed by atoms with Crippen molar-refractivity contribution in [3.63, 3.8) is 0 Å². The minimum Gasteiger partial charge on any atom is -0.371 e. The molecule has 1 aromatic heterocycles. The van der Waals surface area contributed by atoms with E-state index in [1.807, 2.05) is 30.3 Å². The summed E-state index contributed by atoms with van der Waals surface area (Å²) in [6, 6.07) is 10.0. The quantitative estimate of drug-likeness (QED) is 0.933. The first-order valence-corrected chi connectivity index (χ1v) is 8.92. The molecule has 1 saturated carbocycles. The second kappa shape index (κ2) is 6.02. The van der Waals surface area contributed by atoms with Gasteiger partial charge in [0.05, 0.1) is 5.41 Å². The molecule has 23 heavy (non-hydrogen) atoms. The molecule has 2 aliphatic rings. The van der Waals surface area contributed by atoms with Gasteiger partial charge in [0.25, 0.3) is 0 Å². The second-order valence-corrected chi connectivity index (χ2v) is 7.21. The van der Waals surface area contributed by atoms with Gasteiger partial charge >= 0.3 is 0 Å². The number of nitrogens with one attached hydrogen (secondary N) is 1. The number of amides is 1. The Bertz CT molecular complexity index is 691. The number of carbonyl (C=O) groups excluding carboxylic acids is 1. The molecule has 2 heterocycles. The SMILES string of the molecule is O=C(Nc1nnc(C2CCCO2)s1)C1(c2ccccc2)CCC1. The van der Waals surface area contributed by atoms with E-state index in [0.717, 1.165) is 49.3 Å². The highest BCUT2D eigenvalue weighted by Crippen LogP contribution is 2.44. The van der Waals surface area contributed by atoms with Crippen molar-refractivity contribution in [1.82, 2.24) is 10.2 Å². The molecule has 1 atom stereocenters. The summed E-state index contributed by atoms with van der Waals surface area (Å²) in [5.74, 6) is 0.0324. The first-order chi connectivity index (χ1) is 11.3. The summed E-state index contributed by atoms with van der Waals surface area (Å²) >= 11 is 1.43. The van der Waals surface area contributed by atoms with Crippen LogP contribution < -0.4 is 5.32 Å². The van der Waals surface area contributed by atoms with Crippen LogP contribution in [0.25, 0.3) is 0 Å². The van der Waals surface area contributed by atoms with Crippen LogP contribution in [0, 0.1) is 0 Å². The topological polar surface area (TPSA) is 64.1 Å². The van der Waals surface area contributed by atoms with Gasteiger partial charge in [-0.2, -0.15) is 0 Å². The Labute approximate surface area is 139 Å². The molecule has 1 amide bonds. The fraction of sp³-hybridized carbons (Fsp3) is 0.471. The molecule has 1 N–H and O–H groups in total. The number of anilines is 1. The van der Waals surface area contributed by atoms with Crippen LogP contribution in [-0.2, 0) is 14.9 Å². The number of aromatic nitrogens is 2. The van der Waals surface area contributed by atoms with Gasteiger partial charge in [-0.3, -0.25) is 10.1 Å². The lowest BCUT2D eigenvalue weighted by molar-refractivity contribution is -0.124. The molecule has 1 aliphatic heterocycles. The molecule has 1 unspecified atom stereocenters. The van der Waals surface area contributed by atoms with E-state index < -0.39 is 5.41 Å². The molecule has 0 spiro atoms. The highest BCUT2D eigenvalue weighted by Gasteiger charge is 2.45. The number of rotatable bonds is 4. The molecule has 2 aromatic rings. The normalized spacial score (nSPS) is 22.5. The number of ether oxygens (including phenoxy) is 1. The van der Waals surface area contributed by atoms with E-state index in [4.69, 9.17) is 4.74 Å². The third-order valence-corrected chi connectivity index (χ3v) is 5.77. The standard InChI is InChI=1S/C17H19N3O2S/c21-15(17(9-5-10-17)12-6-2-1-3-7-12)18-16-20-19-14(23-16)13-8-4-11-22-13/h1-3,6-7,13H,4-5,8-11H2,(H,18,20,21). The van der Waals surface area contributed by atoms with E-state index in [-0.39, 0.29) is 12.0 Å². The zero-order valence-corrected chi connectivity index (χ0v) is 13.6. The van der Waals surface area contributed by atoms with Crippen LogP contribution >= 0.6 is 11.3 Å². The third kappa shape index (κ3) is 2.66. The van der Waals surface area contributed by atoms with Crippen LogP contribution in [0.3, 0.4) is 0 Å². The van der Waals surface area contributed by atoms with E-state index >= 15 is 0 Å². The van der Waals surface area contributed by atoms with Gasteiger partial charge in [0.15, 0.2) is 0 Å². The highest BCUT2D eigenvalue weighted by atomic mass is 32.1. The highest BCUT2D eigenvalue weighted by molar-refractivity contribution is 7.15. The van der Waals surface area contributed by atoms with Crippen molar-refractivity contribution in [1.29, 1.82) is 0 Å². The molecule has 0 bridgehead atoms. The van der Waals surface area contributed by atoms with Crippen molar-refractivity contribution >= 4 is 22.4 Å². The fourth-order valence-corrected chi connectivity index (χ4v) is 4.16. The second-order valence-electron chi connectivity index (χ2n) is 6.20. The maximum absolute atomic E-state index is 12.8. The maximum atomic E-state index is 12.8. The van der Waals surface area contributed by atoms with Crippen LogP contribution in [0.1, 0.15) is 48.8 Å². The molecule has 1 aromatic carbocycles. The summed E-state index contributed by atoms with van der Waals surface area (Å²) in [4.78, 5) is 12.8. The molecule has 5 nitrogen and oxygen atoms in total. The number of hydrogen-bond donors (Lipinski definition) is 1. The Balaban J connectivity index is 1.51. The predicted molar refractivity (Wildman–Crippen MR) is 88.4 cm³/mol. The minimum absolute atomic E-state index is 0.0324. The summed E-state index contributed by atoms with van der Waals surface area (Å²) in [7, 11) is 0. The predicted octanol–water partition coefficient (Wildman–Crippen LogP) is 3.45. The van der Waals surface area contributed by atoms with Crippen LogP contribution in [0.4, 0.5) is 5.13 Å². The summed E-state index contributed by atoms with van der Waals surface area (Å²) < 4.78 is 5.62. The molecule has 2 fully saturated rings. The Morgan fingerprint density at radius 1 is 1.22 bits per heavy atom. The van der Waals surface area contributed by atoms with Gasteiger partial charge in [-0.1, -0.05) is 48.1 Å². The first kappa shape index (κ1) is 14.8. The molecular formula is C17H19N3O2S. The van der Waals surface area contributed by atoms with Crippen LogP contribution in [0.5, 0.6) is 0 Å². The van der Waals surface area contributed by atoms with E-state index in [2.05, 4.69) is 15.5 Å². The molecular weight excluding hydrogens is 310 g/mol. The largest absolute Gasteiger partial charge is 0.371 e. The van der Waals surface area contributed by atoms with Crippen LogP contribution in [0.2, 0.25) is 0 Å². The third-order valence-electron chi connectivity index (χ3n) is 4.83. The van der Waals surface area contributed by atoms with E-state index in [9.17, 15) is 4.79 Å². The van der Waals surface area contributed by atoms with Gasteiger partial charge in [-0.05, 0) is 31.2 Å². The molecule has 6 heteroatoms. The summed E-state index contributed by atoms with van der Waals surface area (Å²) in [6.45, 7) is 0.781. The van der Waals surface area contributed by atoms with Crippen molar-refractivity contribution < 1.29 is 9.53 Å². The summed E-state index contributed by atoms with van der Waals surface area (Å²) in [5.41, 5.74) is 0.685. The Hall–Kier alpha value is -1.79. The van der Waals surface area contributed by atoms with Gasteiger partial charge in [-0.25, -0.2) is 0 Å². The van der Waals surface area contributed by atoms with E-state index in [1.54, 1.807) is 0 Å². The number of nitrogens with zero attached hydrogens (tertiary/aromatic N) is 2. The molecule has 120 valence electrons. The van der Waals surface area contributed by atoms with Gasteiger partial charge in [-0.15, -0.1) is 10.2 Å². The van der Waals surface area contributed by atoms with Crippen molar-refractivity contribution in [3.8, 4) is 0 Å². The zero-order valence-electron chi connectivity index (χ0n) is 12.8. The van der Waals surface area contributed by atoms with Gasteiger partial charge in [0.1, 0.15) is 11.1 Å². The Morgan fingerprint density at radius 3 is 2.70 bits per heavy atom. The van der Waals surface area contributed by atoms with Crippen molar-refractivity contribution in [3.05, 3.63) is 40.9 Å². The maximum Gasteiger partial charge on any atom is 0.236 e. The lowest BCUT2D eigenvalue weighted by Gasteiger charge is -2.40. The van der Waals surface area contributed by atoms with Crippen LogP contribution in [-0.4, -0.2) is 22.7 Å². The van der Waals surface area contributed by atoms with Crippen molar-refractivity contribution in [2.24, 2.45) is 0 Å². The number of hydrogen-bond acceptors (Lipinski definition) is 5. The van der Waals surface area contributed by atoms with Gasteiger partial charge in [0, 0.05) is 6.61 Å². The van der Waals surface area contributed by atoms with Gasteiger partial charge < -0.3 is 4.74 Å². The van der Waals surface area contributed by atoms with E-state index in [0.29, 0.717) is 5.13 Å². The summed E-state index contributed by atoms with van der Waals surface area (Å²) in [5, 5.41) is 12.7. The smallest absolute Gasteiger partial charge is 0.236 e. The number of carbonyl (C=O) groups is 1. The minimum atomic E-state index is -0.406.